The predicted molar refractivity (Wildman–Crippen MR) is 116 cm³/mol. The van der Waals surface area contributed by atoms with Crippen LogP contribution in [0.25, 0.3) is 22.0 Å². The molecule has 0 radical (unpaired) electrons. The molecule has 0 amide bonds. The van der Waals surface area contributed by atoms with E-state index in [-0.39, 0.29) is 0 Å². The van der Waals surface area contributed by atoms with E-state index in [9.17, 15) is 0 Å². The van der Waals surface area contributed by atoms with E-state index in [1.54, 1.807) is 0 Å². The topological polar surface area (TPSA) is 46.0 Å². The average molecular weight is 376 g/mol. The van der Waals surface area contributed by atoms with Gasteiger partial charge in [0.05, 0.1) is 11.9 Å². The molecule has 1 fully saturated rings. The van der Waals surface area contributed by atoms with Gasteiger partial charge < -0.3 is 9.88 Å². The Bertz CT molecular complexity index is 997. The van der Waals surface area contributed by atoms with Gasteiger partial charge >= 0.3 is 0 Å². The van der Waals surface area contributed by atoms with E-state index in [4.69, 9.17) is 0 Å². The number of hydrogen-bond donors (Lipinski definition) is 1. The van der Waals surface area contributed by atoms with Crippen molar-refractivity contribution in [2.75, 3.05) is 18.4 Å². The van der Waals surface area contributed by atoms with Crippen LogP contribution in [0.4, 0.5) is 5.82 Å². The maximum Gasteiger partial charge on any atom is 0.130 e. The van der Waals surface area contributed by atoms with Crippen LogP contribution in [0.5, 0.6) is 0 Å². The summed E-state index contributed by atoms with van der Waals surface area (Å²) in [6.45, 7) is 10.8. The fourth-order valence-corrected chi connectivity index (χ4v) is 3.93. The van der Waals surface area contributed by atoms with Crippen LogP contribution in [0.1, 0.15) is 32.0 Å². The Morgan fingerprint density at radius 1 is 1.07 bits per heavy atom. The third kappa shape index (κ3) is 3.67. The van der Waals surface area contributed by atoms with Crippen molar-refractivity contribution >= 4 is 16.6 Å². The summed E-state index contributed by atoms with van der Waals surface area (Å²) in [6, 6.07) is 8.87. The maximum absolute atomic E-state index is 4.59. The number of rotatable bonds is 5. The summed E-state index contributed by atoms with van der Waals surface area (Å²) in [5.74, 6) is 1.86. The molecule has 1 aliphatic heterocycles. The molecular weight excluding hydrogens is 346 g/mol. The number of aryl methyl sites for hydroxylation is 1. The number of aromatic nitrogens is 3. The first-order valence-electron chi connectivity index (χ1n) is 10.1. The van der Waals surface area contributed by atoms with E-state index >= 15 is 0 Å². The van der Waals surface area contributed by atoms with Gasteiger partial charge in [0, 0.05) is 35.9 Å². The van der Waals surface area contributed by atoms with Crippen LogP contribution >= 0.6 is 0 Å². The minimum absolute atomic E-state index is 0.307. The fraction of sp³-hybridized carbons (Fsp3) is 0.391. The number of pyridine rings is 1. The van der Waals surface area contributed by atoms with Crippen molar-refractivity contribution in [2.24, 2.45) is 7.05 Å². The zero-order chi connectivity index (χ0) is 19.7. The summed E-state index contributed by atoms with van der Waals surface area (Å²) in [6.07, 6.45) is 7.76. The van der Waals surface area contributed by atoms with Crippen LogP contribution in [0, 0.1) is 6.92 Å². The molecule has 1 aliphatic rings. The van der Waals surface area contributed by atoms with Gasteiger partial charge in [-0.25, -0.2) is 9.97 Å². The number of nitrogens with zero attached hydrogens (tertiary/aromatic N) is 4. The largest absolute Gasteiger partial charge is 0.343 e. The van der Waals surface area contributed by atoms with Gasteiger partial charge in [0.15, 0.2) is 0 Å². The van der Waals surface area contributed by atoms with Crippen molar-refractivity contribution in [3.8, 4) is 11.3 Å². The normalized spacial score (nSPS) is 16.2. The molecular formula is C23H29N5. The Labute approximate surface area is 167 Å². The van der Waals surface area contributed by atoms with Gasteiger partial charge in [-0.1, -0.05) is 25.1 Å². The number of hydrogen-bond acceptors (Lipinski definition) is 4. The van der Waals surface area contributed by atoms with E-state index in [1.165, 1.54) is 19.3 Å². The quantitative estimate of drug-likeness (QED) is 0.699. The van der Waals surface area contributed by atoms with E-state index in [1.807, 2.05) is 26.4 Å². The summed E-state index contributed by atoms with van der Waals surface area (Å²) in [4.78, 5) is 11.5. The second kappa shape index (κ2) is 7.76. The van der Waals surface area contributed by atoms with Gasteiger partial charge in [-0.3, -0.25) is 4.90 Å². The molecule has 1 aromatic carbocycles. The minimum atomic E-state index is 0.307. The zero-order valence-electron chi connectivity index (χ0n) is 17.1. The molecule has 5 nitrogen and oxygen atoms in total. The van der Waals surface area contributed by atoms with Crippen molar-refractivity contribution in [1.29, 1.82) is 0 Å². The predicted octanol–water partition coefficient (Wildman–Crippen LogP) is 4.74. The molecule has 0 saturated carbocycles. The van der Waals surface area contributed by atoms with Gasteiger partial charge in [0.25, 0.3) is 0 Å². The number of likely N-dealkylation sites (tertiary alicyclic amines) is 1. The molecule has 0 bridgehead atoms. The zero-order valence-corrected chi connectivity index (χ0v) is 17.1. The van der Waals surface area contributed by atoms with Crippen LogP contribution in [0.3, 0.4) is 0 Å². The van der Waals surface area contributed by atoms with Crippen molar-refractivity contribution in [3.05, 3.63) is 54.8 Å². The monoisotopic (exact) mass is 375 g/mol. The first-order chi connectivity index (χ1) is 13.5. The highest BCUT2D eigenvalue weighted by Gasteiger charge is 2.19. The lowest BCUT2D eigenvalue weighted by molar-refractivity contribution is 0.195. The molecule has 1 unspecified atom stereocenters. The van der Waals surface area contributed by atoms with Crippen LogP contribution in [0.15, 0.2) is 48.9 Å². The molecule has 28 heavy (non-hydrogen) atoms. The van der Waals surface area contributed by atoms with Gasteiger partial charge in [-0.15, -0.1) is 0 Å². The SMILES string of the molecule is C=C(Nc1cc2cc(-c3cnc(C)n3C)ccc2cn1)C(C)N1CCCCC1. The van der Waals surface area contributed by atoms with E-state index < -0.39 is 0 Å². The fourth-order valence-electron chi connectivity index (χ4n) is 3.93. The third-order valence-corrected chi connectivity index (χ3v) is 5.97. The Morgan fingerprint density at radius 3 is 2.57 bits per heavy atom. The standard InChI is InChI=1S/C23H29N5/c1-16(17(2)28-10-6-5-7-11-28)26-23-13-21-12-19(8-9-20(21)14-25-23)22-15-24-18(3)27(22)4/h8-9,12-15,17H,1,5-7,10-11H2,2-4H3,(H,25,26). The lowest BCUT2D eigenvalue weighted by atomic mass is 10.1. The van der Waals surface area contributed by atoms with Gasteiger partial charge in [0.1, 0.15) is 11.6 Å². The molecule has 4 rings (SSSR count). The number of imidazole rings is 1. The Balaban J connectivity index is 1.56. The van der Waals surface area contributed by atoms with E-state index in [0.717, 1.165) is 52.5 Å². The number of fused-ring (bicyclic) bond motifs is 1. The van der Waals surface area contributed by atoms with Crippen molar-refractivity contribution in [1.82, 2.24) is 19.4 Å². The first kappa shape index (κ1) is 18.7. The van der Waals surface area contributed by atoms with E-state index in [2.05, 4.69) is 62.5 Å². The molecule has 0 spiro atoms. The molecule has 3 aromatic rings. The summed E-state index contributed by atoms with van der Waals surface area (Å²) >= 11 is 0. The Hall–Kier alpha value is -2.66. The van der Waals surface area contributed by atoms with Crippen molar-refractivity contribution in [3.63, 3.8) is 0 Å². The van der Waals surface area contributed by atoms with Crippen molar-refractivity contribution in [2.45, 2.75) is 39.2 Å². The molecule has 3 heterocycles. The average Bonchev–Trinajstić information content (AvgIpc) is 3.06. The van der Waals surface area contributed by atoms with Gasteiger partial charge in [-0.05, 0) is 57.3 Å². The number of anilines is 1. The summed E-state index contributed by atoms with van der Waals surface area (Å²) in [7, 11) is 2.05. The highest BCUT2D eigenvalue weighted by atomic mass is 15.2. The highest BCUT2D eigenvalue weighted by molar-refractivity contribution is 5.88. The molecule has 2 aromatic heterocycles. The molecule has 5 heteroatoms. The maximum atomic E-state index is 4.59. The number of piperidine rings is 1. The van der Waals surface area contributed by atoms with E-state index in [0.29, 0.717) is 6.04 Å². The van der Waals surface area contributed by atoms with Crippen molar-refractivity contribution < 1.29 is 0 Å². The lowest BCUT2D eigenvalue weighted by Crippen LogP contribution is -2.39. The molecule has 1 saturated heterocycles. The Kier molecular flexibility index (Phi) is 5.18. The van der Waals surface area contributed by atoms with Gasteiger partial charge in [-0.2, -0.15) is 0 Å². The number of benzene rings is 1. The third-order valence-electron chi connectivity index (χ3n) is 5.97. The van der Waals surface area contributed by atoms with Crippen LogP contribution < -0.4 is 5.32 Å². The minimum Gasteiger partial charge on any atom is -0.343 e. The number of nitrogens with one attached hydrogen (secondary N) is 1. The molecule has 0 aliphatic carbocycles. The van der Waals surface area contributed by atoms with Gasteiger partial charge in [0.2, 0.25) is 0 Å². The second-order valence-corrected chi connectivity index (χ2v) is 7.80. The smallest absolute Gasteiger partial charge is 0.130 e. The lowest BCUT2D eigenvalue weighted by Gasteiger charge is -2.33. The van der Waals surface area contributed by atoms with Crippen LogP contribution in [-0.4, -0.2) is 38.6 Å². The van der Waals surface area contributed by atoms with Crippen LogP contribution in [-0.2, 0) is 7.05 Å². The molecule has 146 valence electrons. The highest BCUT2D eigenvalue weighted by Crippen LogP contribution is 2.26. The summed E-state index contributed by atoms with van der Waals surface area (Å²) in [5.41, 5.74) is 3.29. The summed E-state index contributed by atoms with van der Waals surface area (Å²) < 4.78 is 2.11. The summed E-state index contributed by atoms with van der Waals surface area (Å²) in [5, 5.41) is 5.73. The van der Waals surface area contributed by atoms with Crippen LogP contribution in [0.2, 0.25) is 0 Å². The Morgan fingerprint density at radius 2 is 1.86 bits per heavy atom. The molecule has 1 N–H and O–H groups in total. The second-order valence-electron chi connectivity index (χ2n) is 7.80. The molecule has 1 atom stereocenters. The first-order valence-corrected chi connectivity index (χ1v) is 10.1.